The molecule has 37 heavy (non-hydrogen) atoms. The number of hydrogen-bond acceptors (Lipinski definition) is 6. The molecule has 0 saturated carbocycles. The Balaban J connectivity index is 1.66. The van der Waals surface area contributed by atoms with Gasteiger partial charge in [0, 0.05) is 20.6 Å². The zero-order valence-corrected chi connectivity index (χ0v) is 22.9. The summed E-state index contributed by atoms with van der Waals surface area (Å²) in [7, 11) is -4.13. The van der Waals surface area contributed by atoms with E-state index in [-0.39, 0.29) is 10.6 Å². The molecule has 4 aromatic rings. The Labute approximate surface area is 227 Å². The molecule has 0 unspecified atom stereocenters. The second-order valence-corrected chi connectivity index (χ2v) is 11.7. The van der Waals surface area contributed by atoms with Crippen molar-refractivity contribution in [3.63, 3.8) is 0 Å². The molecule has 0 bridgehead atoms. The third kappa shape index (κ3) is 6.02. The summed E-state index contributed by atoms with van der Waals surface area (Å²) in [6, 6.07) is 19.6. The van der Waals surface area contributed by atoms with Crippen molar-refractivity contribution in [1.82, 2.24) is 9.71 Å². The van der Waals surface area contributed by atoms with Crippen LogP contribution in [0.4, 0.5) is 21.9 Å². The largest absolute Gasteiger partial charge is 0.353 e. The van der Waals surface area contributed by atoms with Crippen LogP contribution in [0.2, 0.25) is 5.02 Å². The number of hydrogen-bond donors (Lipinski definition) is 3. The molecule has 0 aliphatic rings. The van der Waals surface area contributed by atoms with E-state index in [1.807, 2.05) is 61.0 Å². The summed E-state index contributed by atoms with van der Waals surface area (Å²) < 4.78 is 28.1. The van der Waals surface area contributed by atoms with E-state index < -0.39 is 21.5 Å². The van der Waals surface area contributed by atoms with Gasteiger partial charge in [0.1, 0.15) is 0 Å². The first-order valence-corrected chi connectivity index (χ1v) is 13.6. The fraction of sp³-hybridized carbons (Fsp3) is 0.115. The summed E-state index contributed by atoms with van der Waals surface area (Å²) in [5, 5.41) is 16.4. The van der Waals surface area contributed by atoms with Gasteiger partial charge >= 0.3 is 6.03 Å². The molecule has 188 valence electrons. The topological polar surface area (TPSA) is 124 Å². The number of anilines is 3. The first kappa shape index (κ1) is 26.4. The smallest absolute Gasteiger partial charge is 0.333 e. The summed E-state index contributed by atoms with van der Waals surface area (Å²) in [5.41, 5.74) is 2.34. The Kier molecular flexibility index (Phi) is 7.41. The first-order valence-electron chi connectivity index (χ1n) is 10.9. The first-order chi connectivity index (χ1) is 17.5. The van der Waals surface area contributed by atoms with E-state index in [2.05, 4.69) is 37.6 Å². The van der Waals surface area contributed by atoms with Crippen LogP contribution in [-0.2, 0) is 15.4 Å². The fourth-order valence-electron chi connectivity index (χ4n) is 3.52. The molecule has 1 heterocycles. The van der Waals surface area contributed by atoms with Crippen LogP contribution in [0.1, 0.15) is 19.4 Å². The molecule has 11 heteroatoms. The molecule has 4 rings (SSSR count). The van der Waals surface area contributed by atoms with Gasteiger partial charge in [-0.05, 0) is 74.0 Å². The Morgan fingerprint density at radius 1 is 1.05 bits per heavy atom. The lowest BCUT2D eigenvalue weighted by Gasteiger charge is -2.18. The van der Waals surface area contributed by atoms with Gasteiger partial charge < -0.3 is 10.6 Å². The van der Waals surface area contributed by atoms with Crippen LogP contribution >= 0.6 is 27.5 Å². The molecule has 0 atom stereocenters. The van der Waals surface area contributed by atoms with Gasteiger partial charge in [0.05, 0.1) is 39.5 Å². The van der Waals surface area contributed by atoms with Gasteiger partial charge in [-0.25, -0.2) is 17.9 Å². The molecular weight excluding hydrogens is 578 g/mol. The highest BCUT2D eigenvalue weighted by atomic mass is 79.9. The van der Waals surface area contributed by atoms with E-state index in [4.69, 9.17) is 11.6 Å². The summed E-state index contributed by atoms with van der Waals surface area (Å²) in [6.07, 6.45) is 1.44. The van der Waals surface area contributed by atoms with Gasteiger partial charge in [-0.2, -0.15) is 5.26 Å². The van der Waals surface area contributed by atoms with E-state index in [1.54, 1.807) is 0 Å². The number of nitrogens with zero attached hydrogens (tertiary/aromatic N) is 2. The number of benzene rings is 3. The van der Waals surface area contributed by atoms with Crippen LogP contribution in [0.25, 0.3) is 10.9 Å². The Morgan fingerprint density at radius 2 is 1.73 bits per heavy atom. The minimum Gasteiger partial charge on any atom is -0.353 e. The quantitative estimate of drug-likeness (QED) is 0.227. The van der Waals surface area contributed by atoms with Crippen molar-refractivity contribution in [2.24, 2.45) is 0 Å². The molecule has 0 aliphatic heterocycles. The van der Waals surface area contributed by atoms with E-state index in [1.165, 1.54) is 30.5 Å². The van der Waals surface area contributed by atoms with Crippen molar-refractivity contribution in [1.29, 1.82) is 5.26 Å². The van der Waals surface area contributed by atoms with Gasteiger partial charge in [-0.15, -0.1) is 0 Å². The lowest BCUT2D eigenvalue weighted by Crippen LogP contribution is -2.34. The van der Waals surface area contributed by atoms with Crippen LogP contribution in [-0.4, -0.2) is 19.4 Å². The maximum absolute atomic E-state index is 12.7. The Morgan fingerprint density at radius 3 is 2.38 bits per heavy atom. The maximum Gasteiger partial charge on any atom is 0.333 e. The maximum atomic E-state index is 12.7. The van der Waals surface area contributed by atoms with Crippen LogP contribution in [0, 0.1) is 11.3 Å². The summed E-state index contributed by atoms with van der Waals surface area (Å²) in [5.74, 6) is 0. The number of carbonyl (C=O) groups is 1. The second kappa shape index (κ2) is 10.4. The van der Waals surface area contributed by atoms with E-state index >= 15 is 0 Å². The monoisotopic (exact) mass is 597 g/mol. The van der Waals surface area contributed by atoms with Crippen molar-refractivity contribution in [2.75, 3.05) is 10.6 Å². The zero-order valence-electron chi connectivity index (χ0n) is 19.7. The number of fused-ring (bicyclic) bond motifs is 1. The van der Waals surface area contributed by atoms with E-state index in [0.29, 0.717) is 27.3 Å². The van der Waals surface area contributed by atoms with Gasteiger partial charge in [0.2, 0.25) is 0 Å². The number of sulfonamides is 1. The van der Waals surface area contributed by atoms with Crippen molar-refractivity contribution >= 4 is 71.6 Å². The van der Waals surface area contributed by atoms with Gasteiger partial charge in [-0.1, -0.05) is 39.7 Å². The van der Waals surface area contributed by atoms with E-state index in [9.17, 15) is 18.5 Å². The highest BCUT2D eigenvalue weighted by molar-refractivity contribution is 9.10. The highest BCUT2D eigenvalue weighted by Crippen LogP contribution is 2.35. The standard InChI is InChI=1S/C26H21BrClN5O3S/c1-26(2,15-29)16-3-8-19(9-4-16)31-24-21-13-17(27)5-12-22(21)30-14-23(24)32-25(34)33-37(35,36)20-10-6-18(28)7-11-20/h3-14H,1-2H3,(H,30,31)(H2,32,33,34). The minimum absolute atomic E-state index is 0.105. The number of nitriles is 1. The predicted octanol–water partition coefficient (Wildman–Crippen LogP) is 6.71. The molecule has 0 fully saturated rings. The second-order valence-electron chi connectivity index (χ2n) is 8.66. The van der Waals surface area contributed by atoms with Crippen molar-refractivity contribution < 1.29 is 13.2 Å². The van der Waals surface area contributed by atoms with E-state index in [0.717, 1.165) is 10.0 Å². The molecule has 0 radical (unpaired) electrons. The lowest BCUT2D eigenvalue weighted by atomic mass is 9.86. The average Bonchev–Trinajstić information content (AvgIpc) is 2.85. The van der Waals surface area contributed by atoms with Crippen LogP contribution in [0.3, 0.4) is 0 Å². The SMILES string of the molecule is CC(C)(C#N)c1ccc(Nc2c(NC(=O)NS(=O)(=O)c3ccc(Cl)cc3)cnc3ccc(Br)cc23)cc1. The highest BCUT2D eigenvalue weighted by Gasteiger charge is 2.21. The van der Waals surface area contributed by atoms with Crippen LogP contribution in [0.5, 0.6) is 0 Å². The number of rotatable bonds is 6. The summed E-state index contributed by atoms with van der Waals surface area (Å²) in [6.45, 7) is 3.67. The van der Waals surface area contributed by atoms with Crippen molar-refractivity contribution in [3.8, 4) is 6.07 Å². The molecule has 8 nitrogen and oxygen atoms in total. The van der Waals surface area contributed by atoms with Gasteiger partial charge in [0.25, 0.3) is 10.0 Å². The zero-order chi connectivity index (χ0) is 26.8. The van der Waals surface area contributed by atoms with Crippen LogP contribution < -0.4 is 15.4 Å². The molecule has 2 amide bonds. The minimum atomic E-state index is -4.13. The Hall–Kier alpha value is -3.65. The lowest BCUT2D eigenvalue weighted by molar-refractivity contribution is 0.256. The van der Waals surface area contributed by atoms with Gasteiger partial charge in [-0.3, -0.25) is 4.98 Å². The number of amides is 2. The van der Waals surface area contributed by atoms with Crippen molar-refractivity contribution in [2.45, 2.75) is 24.2 Å². The van der Waals surface area contributed by atoms with Crippen molar-refractivity contribution in [3.05, 3.63) is 88.0 Å². The molecule has 0 saturated heterocycles. The average molecular weight is 599 g/mol. The number of nitrogens with one attached hydrogen (secondary N) is 3. The number of pyridine rings is 1. The summed E-state index contributed by atoms with van der Waals surface area (Å²) in [4.78, 5) is 17.0. The number of urea groups is 1. The van der Waals surface area contributed by atoms with Gasteiger partial charge in [0.15, 0.2) is 0 Å². The third-order valence-electron chi connectivity index (χ3n) is 5.58. The Bertz CT molecular complexity index is 1630. The number of carbonyl (C=O) groups excluding carboxylic acids is 1. The normalized spacial score (nSPS) is 11.5. The predicted molar refractivity (Wildman–Crippen MR) is 149 cm³/mol. The molecule has 1 aromatic heterocycles. The summed E-state index contributed by atoms with van der Waals surface area (Å²) >= 11 is 9.29. The third-order valence-corrected chi connectivity index (χ3v) is 7.68. The van der Waals surface area contributed by atoms with Crippen LogP contribution in [0.15, 0.2) is 82.3 Å². The molecule has 0 spiro atoms. The molecule has 3 N–H and O–H groups in total. The fourth-order valence-corrected chi connectivity index (χ4v) is 4.91. The molecule has 0 aliphatic carbocycles. The number of aromatic nitrogens is 1. The number of halogens is 2. The molecular formula is C26H21BrClN5O3S. The molecule has 3 aromatic carbocycles.